The first kappa shape index (κ1) is 22.0. The monoisotopic (exact) mass is 472 g/mol. The third kappa shape index (κ3) is 3.42. The van der Waals surface area contributed by atoms with Gasteiger partial charge in [-0.3, -0.25) is 4.79 Å². The standard InChI is InChI=1S/C26H24N4O3S/c1-5-29-20-10-8-7-9-18(20)19-13-17(11-12-21(19)29)14-27-30-16(4)28-24-22(25(30)31)15(3)23(34-24)26(32)33-6-2/h7-14H,5-6H2,1-4H3/b27-14+. The van der Waals surface area contributed by atoms with E-state index >= 15 is 0 Å². The maximum atomic E-state index is 13.3. The first-order valence-electron chi connectivity index (χ1n) is 11.2. The molecule has 2 aromatic carbocycles. The maximum Gasteiger partial charge on any atom is 0.348 e. The number of fused-ring (bicyclic) bond motifs is 4. The fourth-order valence-electron chi connectivity index (χ4n) is 4.42. The second kappa shape index (κ2) is 8.53. The molecule has 0 radical (unpaired) electrons. The first-order valence-corrected chi connectivity index (χ1v) is 12.0. The smallest absolute Gasteiger partial charge is 0.348 e. The molecule has 0 bridgehead atoms. The van der Waals surface area contributed by atoms with Crippen molar-refractivity contribution in [1.29, 1.82) is 0 Å². The molecule has 0 saturated carbocycles. The summed E-state index contributed by atoms with van der Waals surface area (Å²) < 4.78 is 8.70. The van der Waals surface area contributed by atoms with Gasteiger partial charge < -0.3 is 9.30 Å². The predicted molar refractivity (Wildman–Crippen MR) is 137 cm³/mol. The van der Waals surface area contributed by atoms with E-state index in [-0.39, 0.29) is 12.2 Å². The van der Waals surface area contributed by atoms with Crippen molar-refractivity contribution in [1.82, 2.24) is 14.2 Å². The number of aromatic nitrogens is 3. The van der Waals surface area contributed by atoms with Gasteiger partial charge in [-0.2, -0.15) is 9.78 Å². The number of hydrogen-bond donors (Lipinski definition) is 0. The average Bonchev–Trinajstić information content (AvgIpc) is 3.33. The topological polar surface area (TPSA) is 78.5 Å². The Hall–Kier alpha value is -3.78. The minimum atomic E-state index is -0.436. The molecular weight excluding hydrogens is 448 g/mol. The van der Waals surface area contributed by atoms with Gasteiger partial charge in [0.25, 0.3) is 5.56 Å². The predicted octanol–water partition coefficient (Wildman–Crippen LogP) is 5.26. The number of aryl methyl sites for hydroxylation is 3. The molecule has 3 aromatic heterocycles. The summed E-state index contributed by atoms with van der Waals surface area (Å²) in [5.74, 6) is 0.0173. The van der Waals surface area contributed by atoms with Crippen LogP contribution in [0.3, 0.4) is 0 Å². The fourth-order valence-corrected chi connectivity index (χ4v) is 5.53. The Balaban J connectivity index is 1.60. The van der Waals surface area contributed by atoms with Gasteiger partial charge >= 0.3 is 5.97 Å². The summed E-state index contributed by atoms with van der Waals surface area (Å²) in [7, 11) is 0. The van der Waals surface area contributed by atoms with E-state index < -0.39 is 5.97 Å². The molecule has 0 saturated heterocycles. The van der Waals surface area contributed by atoms with E-state index in [1.165, 1.54) is 26.9 Å². The van der Waals surface area contributed by atoms with E-state index in [0.29, 0.717) is 26.5 Å². The number of thiophene rings is 1. The van der Waals surface area contributed by atoms with E-state index in [9.17, 15) is 9.59 Å². The third-order valence-electron chi connectivity index (χ3n) is 6.00. The number of carbonyl (C=O) groups is 1. The second-order valence-corrected chi connectivity index (χ2v) is 9.01. The van der Waals surface area contributed by atoms with Crippen LogP contribution >= 0.6 is 11.3 Å². The molecule has 0 N–H and O–H groups in total. The Bertz CT molecular complexity index is 1670. The molecule has 0 aliphatic rings. The molecule has 5 rings (SSSR count). The SMILES string of the molecule is CCOC(=O)c1sc2nc(C)n(/N=C/c3ccc4c(c3)c3ccccc3n4CC)c(=O)c2c1C. The lowest BCUT2D eigenvalue weighted by atomic mass is 10.1. The van der Waals surface area contributed by atoms with Gasteiger partial charge in [0.1, 0.15) is 15.5 Å². The van der Waals surface area contributed by atoms with E-state index in [1.54, 1.807) is 27.0 Å². The van der Waals surface area contributed by atoms with Crippen LogP contribution in [0.4, 0.5) is 0 Å². The van der Waals surface area contributed by atoms with Crippen molar-refractivity contribution in [3.8, 4) is 0 Å². The van der Waals surface area contributed by atoms with Crippen molar-refractivity contribution < 1.29 is 9.53 Å². The highest BCUT2D eigenvalue weighted by Gasteiger charge is 2.21. The normalized spacial score (nSPS) is 11.9. The summed E-state index contributed by atoms with van der Waals surface area (Å²) in [6, 6.07) is 14.5. The van der Waals surface area contributed by atoms with Crippen molar-refractivity contribution in [3.63, 3.8) is 0 Å². The van der Waals surface area contributed by atoms with Crippen LogP contribution in [-0.4, -0.2) is 33.0 Å². The fraction of sp³-hybridized carbons (Fsp3) is 0.231. The van der Waals surface area contributed by atoms with Crippen molar-refractivity contribution >= 4 is 55.5 Å². The van der Waals surface area contributed by atoms with Crippen LogP contribution in [0.15, 0.2) is 52.4 Å². The van der Waals surface area contributed by atoms with Crippen LogP contribution in [0.1, 0.15) is 40.5 Å². The van der Waals surface area contributed by atoms with Crippen molar-refractivity contribution in [3.05, 3.63) is 74.6 Å². The summed E-state index contributed by atoms with van der Waals surface area (Å²) in [6.07, 6.45) is 1.67. The number of ether oxygens (including phenoxy) is 1. The van der Waals surface area contributed by atoms with Crippen LogP contribution in [0.2, 0.25) is 0 Å². The molecule has 7 nitrogen and oxygen atoms in total. The summed E-state index contributed by atoms with van der Waals surface area (Å²) in [5.41, 5.74) is 3.52. The number of carbonyl (C=O) groups excluding carboxylic acids is 1. The lowest BCUT2D eigenvalue weighted by Gasteiger charge is -2.04. The number of benzene rings is 2. The van der Waals surface area contributed by atoms with Gasteiger partial charge in [-0.25, -0.2) is 9.78 Å². The van der Waals surface area contributed by atoms with Crippen LogP contribution in [-0.2, 0) is 11.3 Å². The van der Waals surface area contributed by atoms with Crippen LogP contribution < -0.4 is 5.56 Å². The van der Waals surface area contributed by atoms with Crippen molar-refractivity contribution in [2.45, 2.75) is 34.2 Å². The number of esters is 1. The van der Waals surface area contributed by atoms with Gasteiger partial charge in [-0.05, 0) is 57.0 Å². The number of nitrogens with zero attached hydrogens (tertiary/aromatic N) is 4. The van der Waals surface area contributed by atoms with Crippen molar-refractivity contribution in [2.24, 2.45) is 5.10 Å². The highest BCUT2D eigenvalue weighted by Crippen LogP contribution is 2.30. The average molecular weight is 473 g/mol. The van der Waals surface area contributed by atoms with Crippen molar-refractivity contribution in [2.75, 3.05) is 6.61 Å². The molecule has 5 aromatic rings. The highest BCUT2D eigenvalue weighted by molar-refractivity contribution is 7.20. The second-order valence-electron chi connectivity index (χ2n) is 8.02. The van der Waals surface area contributed by atoms with E-state index in [1.807, 2.05) is 18.2 Å². The van der Waals surface area contributed by atoms with E-state index in [4.69, 9.17) is 4.74 Å². The minimum Gasteiger partial charge on any atom is -0.462 e. The molecule has 0 fully saturated rings. The van der Waals surface area contributed by atoms with Gasteiger partial charge in [0.15, 0.2) is 0 Å². The molecule has 8 heteroatoms. The maximum absolute atomic E-state index is 13.3. The summed E-state index contributed by atoms with van der Waals surface area (Å²) in [5, 5.41) is 7.20. The Morgan fingerprint density at radius 2 is 1.88 bits per heavy atom. The summed E-state index contributed by atoms with van der Waals surface area (Å²) in [4.78, 5) is 31.0. The minimum absolute atomic E-state index is 0.273. The lowest BCUT2D eigenvalue weighted by Crippen LogP contribution is -2.20. The zero-order valence-corrected chi connectivity index (χ0v) is 20.3. The molecule has 0 aliphatic heterocycles. The van der Waals surface area contributed by atoms with Gasteiger partial charge in [-0.15, -0.1) is 11.3 Å². The zero-order chi connectivity index (χ0) is 24.0. The Kier molecular flexibility index (Phi) is 5.53. The van der Waals surface area contributed by atoms with Gasteiger partial charge in [0, 0.05) is 28.4 Å². The highest BCUT2D eigenvalue weighted by atomic mass is 32.1. The molecule has 172 valence electrons. The largest absolute Gasteiger partial charge is 0.462 e. The molecule has 0 atom stereocenters. The number of rotatable bonds is 5. The van der Waals surface area contributed by atoms with Crippen LogP contribution in [0, 0.1) is 13.8 Å². The molecule has 0 amide bonds. The molecule has 0 aliphatic carbocycles. The third-order valence-corrected chi connectivity index (χ3v) is 7.17. The Labute approximate surface area is 199 Å². The molecule has 34 heavy (non-hydrogen) atoms. The van der Waals surface area contributed by atoms with E-state index in [2.05, 4.69) is 45.8 Å². The quantitative estimate of drug-likeness (QED) is 0.258. The summed E-state index contributed by atoms with van der Waals surface area (Å²) in [6.45, 7) is 8.52. The van der Waals surface area contributed by atoms with Gasteiger partial charge in [0.05, 0.1) is 18.2 Å². The van der Waals surface area contributed by atoms with Crippen LogP contribution in [0.5, 0.6) is 0 Å². The Morgan fingerprint density at radius 1 is 1.12 bits per heavy atom. The van der Waals surface area contributed by atoms with E-state index in [0.717, 1.165) is 23.0 Å². The van der Waals surface area contributed by atoms with Gasteiger partial charge in [0.2, 0.25) is 0 Å². The number of para-hydroxylation sites is 1. The van der Waals surface area contributed by atoms with Gasteiger partial charge in [-0.1, -0.05) is 24.3 Å². The Morgan fingerprint density at radius 3 is 2.65 bits per heavy atom. The first-order chi connectivity index (χ1) is 16.4. The number of hydrogen-bond acceptors (Lipinski definition) is 6. The molecule has 0 spiro atoms. The summed E-state index contributed by atoms with van der Waals surface area (Å²) >= 11 is 1.18. The molecular formula is C26H24N4O3S. The molecule has 3 heterocycles. The molecule has 0 unspecified atom stereocenters. The lowest BCUT2D eigenvalue weighted by molar-refractivity contribution is 0.0531. The van der Waals surface area contributed by atoms with Crippen LogP contribution in [0.25, 0.3) is 32.0 Å². The zero-order valence-electron chi connectivity index (χ0n) is 19.5.